The molecule has 2 unspecified atom stereocenters. The van der Waals surface area contributed by atoms with Gasteiger partial charge in [-0.3, -0.25) is 4.90 Å². The van der Waals surface area contributed by atoms with Gasteiger partial charge in [-0.2, -0.15) is 0 Å². The monoisotopic (exact) mass is 542 g/mol. The van der Waals surface area contributed by atoms with E-state index in [1.165, 1.54) is 0 Å². The zero-order valence-corrected chi connectivity index (χ0v) is 23.3. The first-order chi connectivity index (χ1) is 16.0. The van der Waals surface area contributed by atoms with Crippen LogP contribution in [-0.4, -0.2) is 53.3 Å². The largest absolute Gasteiger partial charge is 0.444 e. The van der Waals surface area contributed by atoms with Crippen LogP contribution in [0.2, 0.25) is 10.0 Å². The Balaban J connectivity index is 0.00000432. The van der Waals surface area contributed by atoms with E-state index in [9.17, 15) is 9.90 Å². The quantitative estimate of drug-likeness (QED) is 0.379. The van der Waals surface area contributed by atoms with Gasteiger partial charge in [-0.25, -0.2) is 4.79 Å². The molecular formula is C27H37Cl3N2O3. The summed E-state index contributed by atoms with van der Waals surface area (Å²) in [7, 11) is 1.77. The molecule has 1 N–H and O–H groups in total. The topological polar surface area (TPSA) is 53.0 Å². The summed E-state index contributed by atoms with van der Waals surface area (Å²) in [5.74, 6) is 0. The standard InChI is InChI=1S/C27H36Cl2N2O3.ClH/c1-26(2,3)34-25(32)30(4)15-8-9-16-31-17-14-27(33,21-10-6-5-7-11-21)19-24(31)20-12-13-22(28)23(29)18-20;/h5-7,10-13,18,24,33H,8-9,14-17,19H2,1-4H3;1H. The molecule has 0 aromatic heterocycles. The second kappa shape index (κ2) is 12.6. The summed E-state index contributed by atoms with van der Waals surface area (Å²) in [5, 5.41) is 12.6. The SMILES string of the molecule is CN(CCCCN1CCC(O)(c2ccccc2)CC1c1ccc(Cl)c(Cl)c1)C(=O)OC(C)(C)C.Cl. The fraction of sp³-hybridized carbons (Fsp3) is 0.519. The number of amides is 1. The Morgan fingerprint density at radius 2 is 1.83 bits per heavy atom. The van der Waals surface area contributed by atoms with Crippen LogP contribution in [0.15, 0.2) is 48.5 Å². The number of rotatable bonds is 7. The van der Waals surface area contributed by atoms with Gasteiger partial charge in [0, 0.05) is 32.6 Å². The van der Waals surface area contributed by atoms with Crippen molar-refractivity contribution in [2.45, 2.75) is 63.7 Å². The van der Waals surface area contributed by atoms with Crippen molar-refractivity contribution in [3.63, 3.8) is 0 Å². The van der Waals surface area contributed by atoms with Crippen LogP contribution in [0, 0.1) is 0 Å². The van der Waals surface area contributed by atoms with Crippen molar-refractivity contribution in [3.05, 3.63) is 69.7 Å². The van der Waals surface area contributed by atoms with E-state index in [4.69, 9.17) is 27.9 Å². The minimum Gasteiger partial charge on any atom is -0.444 e. The van der Waals surface area contributed by atoms with E-state index in [2.05, 4.69) is 4.90 Å². The van der Waals surface area contributed by atoms with Crippen molar-refractivity contribution in [2.75, 3.05) is 26.7 Å². The minimum atomic E-state index is -0.897. The molecule has 1 amide bonds. The average molecular weight is 544 g/mol. The molecule has 1 aliphatic heterocycles. The number of unbranched alkanes of at least 4 members (excludes halogenated alkanes) is 1. The van der Waals surface area contributed by atoms with Crippen LogP contribution in [0.5, 0.6) is 0 Å². The zero-order chi connectivity index (χ0) is 24.9. The molecule has 194 valence electrons. The second-order valence-electron chi connectivity index (χ2n) is 10.2. The third-order valence-corrected chi connectivity index (χ3v) is 7.06. The number of benzene rings is 2. The molecule has 0 saturated carbocycles. The molecule has 1 heterocycles. The Labute approximate surface area is 225 Å². The summed E-state index contributed by atoms with van der Waals surface area (Å²) in [6.07, 6.45) is 2.73. The molecule has 8 heteroatoms. The Kier molecular flexibility index (Phi) is 10.7. The average Bonchev–Trinajstić information content (AvgIpc) is 2.78. The van der Waals surface area contributed by atoms with Crippen LogP contribution in [0.3, 0.4) is 0 Å². The lowest BCUT2D eigenvalue weighted by Gasteiger charge is -2.44. The third kappa shape index (κ3) is 8.26. The molecule has 2 aromatic carbocycles. The van der Waals surface area contributed by atoms with Gasteiger partial charge >= 0.3 is 6.09 Å². The van der Waals surface area contributed by atoms with Crippen LogP contribution in [0.25, 0.3) is 0 Å². The summed E-state index contributed by atoms with van der Waals surface area (Å²) in [6, 6.07) is 15.6. The lowest BCUT2D eigenvalue weighted by atomic mass is 9.79. The van der Waals surface area contributed by atoms with Crippen molar-refractivity contribution < 1.29 is 14.6 Å². The third-order valence-electron chi connectivity index (χ3n) is 6.32. The zero-order valence-electron chi connectivity index (χ0n) is 21.0. The molecule has 2 aromatic rings. The Morgan fingerprint density at radius 1 is 1.14 bits per heavy atom. The van der Waals surface area contributed by atoms with Crippen molar-refractivity contribution in [2.24, 2.45) is 0 Å². The highest BCUT2D eigenvalue weighted by Crippen LogP contribution is 2.43. The molecule has 0 radical (unpaired) electrons. The van der Waals surface area contributed by atoms with E-state index >= 15 is 0 Å². The molecular weight excluding hydrogens is 507 g/mol. The molecule has 0 aliphatic carbocycles. The first-order valence-corrected chi connectivity index (χ1v) is 12.7. The summed E-state index contributed by atoms with van der Waals surface area (Å²) in [4.78, 5) is 16.2. The molecule has 1 saturated heterocycles. The fourth-order valence-corrected chi connectivity index (χ4v) is 4.76. The van der Waals surface area contributed by atoms with E-state index in [0.717, 1.165) is 37.1 Å². The lowest BCUT2D eigenvalue weighted by molar-refractivity contribution is -0.0535. The summed E-state index contributed by atoms with van der Waals surface area (Å²) in [5.41, 5.74) is 0.598. The van der Waals surface area contributed by atoms with Gasteiger partial charge in [-0.15, -0.1) is 12.4 Å². The van der Waals surface area contributed by atoms with Crippen molar-refractivity contribution in [1.29, 1.82) is 0 Å². The van der Waals surface area contributed by atoms with Crippen LogP contribution in [-0.2, 0) is 10.3 Å². The predicted octanol–water partition coefficient (Wildman–Crippen LogP) is 7.09. The molecule has 1 fully saturated rings. The number of hydrogen-bond acceptors (Lipinski definition) is 4. The molecule has 0 spiro atoms. The minimum absolute atomic E-state index is 0. The fourth-order valence-electron chi connectivity index (χ4n) is 4.46. The molecule has 2 atom stereocenters. The van der Waals surface area contributed by atoms with Gasteiger partial charge in [-0.1, -0.05) is 59.6 Å². The van der Waals surface area contributed by atoms with Gasteiger partial charge in [0.15, 0.2) is 0 Å². The first kappa shape index (κ1) is 29.7. The Hall–Kier alpha value is -1.50. The summed E-state index contributed by atoms with van der Waals surface area (Å²) < 4.78 is 5.43. The number of carbonyl (C=O) groups excluding carboxylic acids is 1. The van der Waals surface area contributed by atoms with Gasteiger partial charge in [0.05, 0.1) is 15.6 Å². The predicted molar refractivity (Wildman–Crippen MR) is 146 cm³/mol. The maximum atomic E-state index is 12.2. The number of aliphatic hydroxyl groups is 1. The van der Waals surface area contributed by atoms with Crippen molar-refractivity contribution in [1.82, 2.24) is 9.80 Å². The maximum absolute atomic E-state index is 12.2. The summed E-state index contributed by atoms with van der Waals surface area (Å²) in [6.45, 7) is 7.86. The summed E-state index contributed by atoms with van der Waals surface area (Å²) >= 11 is 12.5. The highest BCUT2D eigenvalue weighted by Gasteiger charge is 2.40. The molecule has 3 rings (SSSR count). The number of likely N-dealkylation sites (tertiary alicyclic amines) is 1. The van der Waals surface area contributed by atoms with Gasteiger partial charge in [0.1, 0.15) is 5.60 Å². The van der Waals surface area contributed by atoms with E-state index in [-0.39, 0.29) is 24.5 Å². The molecule has 1 aliphatic rings. The maximum Gasteiger partial charge on any atom is 0.410 e. The van der Waals surface area contributed by atoms with Crippen LogP contribution >= 0.6 is 35.6 Å². The number of nitrogens with zero attached hydrogens (tertiary/aromatic N) is 2. The van der Waals surface area contributed by atoms with E-state index in [0.29, 0.717) is 29.4 Å². The van der Waals surface area contributed by atoms with E-state index < -0.39 is 11.2 Å². The second-order valence-corrected chi connectivity index (χ2v) is 11.0. The van der Waals surface area contributed by atoms with Gasteiger partial charge in [0.25, 0.3) is 0 Å². The molecule has 35 heavy (non-hydrogen) atoms. The number of hydrogen-bond donors (Lipinski definition) is 1. The molecule has 0 bridgehead atoms. The van der Waals surface area contributed by atoms with Gasteiger partial charge in [-0.05, 0) is 69.8 Å². The highest BCUT2D eigenvalue weighted by atomic mass is 35.5. The number of piperidine rings is 1. The highest BCUT2D eigenvalue weighted by molar-refractivity contribution is 6.42. The number of ether oxygens (including phenoxy) is 1. The Bertz CT molecular complexity index is 968. The lowest BCUT2D eigenvalue weighted by Crippen LogP contribution is -2.45. The number of carbonyl (C=O) groups is 1. The first-order valence-electron chi connectivity index (χ1n) is 11.9. The van der Waals surface area contributed by atoms with E-state index in [1.807, 2.05) is 69.3 Å². The normalized spacial score (nSPS) is 20.7. The number of halogens is 3. The smallest absolute Gasteiger partial charge is 0.410 e. The van der Waals surface area contributed by atoms with Crippen LogP contribution in [0.4, 0.5) is 4.79 Å². The van der Waals surface area contributed by atoms with Gasteiger partial charge in [0.2, 0.25) is 0 Å². The van der Waals surface area contributed by atoms with Crippen molar-refractivity contribution >= 4 is 41.7 Å². The van der Waals surface area contributed by atoms with Crippen LogP contribution in [0.1, 0.15) is 63.6 Å². The van der Waals surface area contributed by atoms with Crippen LogP contribution < -0.4 is 0 Å². The van der Waals surface area contributed by atoms with E-state index in [1.54, 1.807) is 11.9 Å². The van der Waals surface area contributed by atoms with Crippen molar-refractivity contribution in [3.8, 4) is 0 Å². The van der Waals surface area contributed by atoms with Gasteiger partial charge < -0.3 is 14.7 Å². The Morgan fingerprint density at radius 3 is 2.46 bits per heavy atom. The molecule has 5 nitrogen and oxygen atoms in total.